The summed E-state index contributed by atoms with van der Waals surface area (Å²) in [4.78, 5) is 19.7. The zero-order chi connectivity index (χ0) is 39.0. The van der Waals surface area contributed by atoms with Gasteiger partial charge in [0.15, 0.2) is 17.5 Å². The van der Waals surface area contributed by atoms with Gasteiger partial charge in [0.2, 0.25) is 0 Å². The maximum Gasteiger partial charge on any atom is 0.256 e. The summed E-state index contributed by atoms with van der Waals surface area (Å²) < 4.78 is 31.0. The zero-order valence-corrected chi connectivity index (χ0v) is 36.0. The van der Waals surface area contributed by atoms with Gasteiger partial charge in [-0.15, -0.1) is 34.9 Å². The van der Waals surface area contributed by atoms with Crippen molar-refractivity contribution >= 4 is 0 Å². The normalized spacial score (nSPS) is 15.7. The van der Waals surface area contributed by atoms with Gasteiger partial charge in [-0.3, -0.25) is 0 Å². The van der Waals surface area contributed by atoms with Gasteiger partial charge >= 0.3 is 0 Å². The van der Waals surface area contributed by atoms with Crippen LogP contribution in [-0.4, -0.2) is 25.9 Å². The minimum atomic E-state index is -2.89. The van der Waals surface area contributed by atoms with Gasteiger partial charge in [0.25, 0.3) is 5.92 Å². The van der Waals surface area contributed by atoms with Crippen LogP contribution in [0.5, 0.6) is 0 Å². The molecule has 0 atom stereocenters. The van der Waals surface area contributed by atoms with Crippen molar-refractivity contribution in [1.82, 2.24) is 19.9 Å². The van der Waals surface area contributed by atoms with Crippen molar-refractivity contribution < 1.29 is 28.9 Å². The predicted molar refractivity (Wildman–Crippen MR) is 217 cm³/mol. The van der Waals surface area contributed by atoms with Crippen molar-refractivity contribution in [3.63, 3.8) is 0 Å². The van der Waals surface area contributed by atoms with E-state index in [2.05, 4.69) is 108 Å². The third-order valence-corrected chi connectivity index (χ3v) is 11.4. The van der Waals surface area contributed by atoms with Gasteiger partial charge < -0.3 is 4.98 Å². The molecule has 55 heavy (non-hydrogen) atoms. The molecule has 1 radical (unpaired) electrons. The predicted octanol–water partition coefficient (Wildman–Crippen LogP) is 12.5. The van der Waals surface area contributed by atoms with E-state index >= 15 is 8.78 Å². The summed E-state index contributed by atoms with van der Waals surface area (Å²) in [7, 11) is 0. The summed E-state index contributed by atoms with van der Waals surface area (Å²) in [6.45, 7) is 21.8. The first kappa shape index (κ1) is 40.2. The molecule has 0 fully saturated rings. The molecular weight excluding hydrogens is 863 g/mol. The topological polar surface area (TPSA) is 51.6 Å². The number of benzene rings is 4. The second-order valence-electron chi connectivity index (χ2n) is 17.9. The third kappa shape index (κ3) is 7.11. The molecular formula is C48H49F2IrN4-. The summed E-state index contributed by atoms with van der Waals surface area (Å²) >= 11 is 0. The molecule has 7 heteroatoms. The molecule has 2 aromatic heterocycles. The summed E-state index contributed by atoms with van der Waals surface area (Å²) in [5.74, 6) is -1.06. The van der Waals surface area contributed by atoms with Crippen LogP contribution in [-0.2, 0) is 41.8 Å². The molecule has 285 valence electrons. The maximum absolute atomic E-state index is 15.5. The van der Waals surface area contributed by atoms with Gasteiger partial charge in [-0.25, -0.2) is 23.7 Å². The maximum atomic E-state index is 15.5. The minimum absolute atomic E-state index is 0. The molecule has 2 heterocycles. The van der Waals surface area contributed by atoms with Gasteiger partial charge in [0.05, 0.1) is 0 Å². The van der Waals surface area contributed by atoms with E-state index < -0.39 is 16.8 Å². The fraction of sp³-hybridized carbons (Fsp3) is 0.333. The molecule has 1 aliphatic carbocycles. The number of hydrogen-bond donors (Lipinski definition) is 0. The quantitative estimate of drug-likeness (QED) is 0.162. The Morgan fingerprint density at radius 3 is 1.38 bits per heavy atom. The van der Waals surface area contributed by atoms with Crippen LogP contribution < -0.4 is 0 Å². The molecule has 0 aliphatic heterocycles. The van der Waals surface area contributed by atoms with Crippen molar-refractivity contribution in [3.05, 3.63) is 131 Å². The van der Waals surface area contributed by atoms with E-state index in [1.807, 2.05) is 37.4 Å². The van der Waals surface area contributed by atoms with Crippen LogP contribution >= 0.6 is 0 Å². The van der Waals surface area contributed by atoms with Crippen LogP contribution in [0.1, 0.15) is 97.1 Å². The van der Waals surface area contributed by atoms with Gasteiger partial charge in [-0.2, -0.15) is 0 Å². The van der Waals surface area contributed by atoms with Crippen LogP contribution in [0.25, 0.3) is 56.5 Å². The van der Waals surface area contributed by atoms with E-state index in [9.17, 15) is 0 Å². The average molecular weight is 912 g/mol. The number of rotatable bonds is 5. The van der Waals surface area contributed by atoms with Gasteiger partial charge in [-0.05, 0) is 45.7 Å². The number of halogens is 2. The second kappa shape index (κ2) is 13.9. The number of hydrogen-bond acceptors (Lipinski definition) is 4. The van der Waals surface area contributed by atoms with E-state index in [1.165, 1.54) is 11.1 Å². The Labute approximate surface area is 338 Å². The van der Waals surface area contributed by atoms with E-state index in [4.69, 9.17) is 19.9 Å². The van der Waals surface area contributed by atoms with E-state index in [0.29, 0.717) is 39.9 Å². The summed E-state index contributed by atoms with van der Waals surface area (Å²) in [6, 6.07) is 34.0. The summed E-state index contributed by atoms with van der Waals surface area (Å²) in [5, 5.41) is 0. The summed E-state index contributed by atoms with van der Waals surface area (Å²) in [6.07, 6.45) is 1.85. The first-order chi connectivity index (χ1) is 25.2. The van der Waals surface area contributed by atoms with Crippen LogP contribution in [0.15, 0.2) is 97.2 Å². The molecule has 0 N–H and O–H groups in total. The first-order valence-corrected chi connectivity index (χ1v) is 18.7. The van der Waals surface area contributed by atoms with E-state index in [0.717, 1.165) is 33.4 Å². The van der Waals surface area contributed by atoms with Crippen LogP contribution in [0.4, 0.5) is 8.78 Å². The number of pyridine rings is 1. The number of nitrogens with zero attached hydrogens (tertiary/aromatic N) is 4. The monoisotopic (exact) mass is 912 g/mol. The molecule has 0 spiro atoms. The molecule has 0 saturated heterocycles. The molecule has 1 aliphatic rings. The molecule has 4 aromatic carbocycles. The first-order valence-electron chi connectivity index (χ1n) is 18.7. The molecule has 0 bridgehead atoms. The van der Waals surface area contributed by atoms with Gasteiger partial charge in [-0.1, -0.05) is 148 Å². The number of fused-ring (bicyclic) bond motifs is 1. The minimum Gasteiger partial charge on any atom is -0.304 e. The van der Waals surface area contributed by atoms with Crippen molar-refractivity contribution in [2.45, 2.75) is 104 Å². The molecule has 6 aromatic rings. The Balaban J connectivity index is 0.00000514. The Morgan fingerprint density at radius 2 is 0.964 bits per heavy atom. The van der Waals surface area contributed by atoms with Crippen LogP contribution in [0, 0.1) is 13.0 Å². The number of aryl methyl sites for hydroxylation is 1. The molecule has 0 saturated carbocycles. The molecule has 7 rings (SSSR count). The Morgan fingerprint density at radius 1 is 0.564 bits per heavy atom. The SMILES string of the molecule is Cc1cc(-c2[c-]cc3c(c2)C(C)(C)C(F)(F)C3(C)C)ncc1-c1ccc(-c2nc(-c3ccc(C(C)(C)C)cc3)nc(-c3ccc(C(C)(C)C)cc3)n2)cc1.[Ir]. The number of aromatic nitrogens is 4. The number of alkyl halides is 2. The summed E-state index contributed by atoms with van der Waals surface area (Å²) in [5.41, 5.74) is 8.43. The Bertz CT molecular complexity index is 2290. The largest absolute Gasteiger partial charge is 0.304 e. The van der Waals surface area contributed by atoms with Crippen LogP contribution in [0.2, 0.25) is 0 Å². The smallest absolute Gasteiger partial charge is 0.256 e. The van der Waals surface area contributed by atoms with Crippen LogP contribution in [0.3, 0.4) is 0 Å². The molecule has 4 nitrogen and oxygen atoms in total. The van der Waals surface area contributed by atoms with Gasteiger partial charge in [0.1, 0.15) is 0 Å². The van der Waals surface area contributed by atoms with Gasteiger partial charge in [0, 0.05) is 59.4 Å². The zero-order valence-electron chi connectivity index (χ0n) is 33.6. The van der Waals surface area contributed by atoms with E-state index in [-0.39, 0.29) is 30.9 Å². The standard InChI is InChI=1S/C48H49F2N4.Ir/c1-29-26-40(34-20-25-38-39(27-34)47(10,11)48(49,50)46(38,8)9)51-28-37(29)30-12-14-31(15-13-30)41-52-42(32-16-21-35(22-17-32)44(2,3)4)54-43(53-41)33-18-23-36(24-19-33)45(5,6)7;/h12-19,21-28H,1-11H3;/q-1;. The Hall–Kier alpha value is -4.45. The fourth-order valence-corrected chi connectivity index (χ4v) is 7.60. The average Bonchev–Trinajstić information content (AvgIpc) is 3.23. The van der Waals surface area contributed by atoms with Crippen molar-refractivity contribution in [1.29, 1.82) is 0 Å². The third-order valence-electron chi connectivity index (χ3n) is 11.4. The van der Waals surface area contributed by atoms with Crippen molar-refractivity contribution in [2.24, 2.45) is 0 Å². The van der Waals surface area contributed by atoms with E-state index in [1.54, 1.807) is 33.8 Å². The Kier molecular flexibility index (Phi) is 10.2. The fourth-order valence-electron chi connectivity index (χ4n) is 7.60. The molecule has 0 amide bonds. The van der Waals surface area contributed by atoms with Crippen molar-refractivity contribution in [3.8, 4) is 56.5 Å². The second-order valence-corrected chi connectivity index (χ2v) is 17.9. The van der Waals surface area contributed by atoms with Crippen molar-refractivity contribution in [2.75, 3.05) is 0 Å². The molecule has 0 unspecified atom stereocenters.